The van der Waals surface area contributed by atoms with Gasteiger partial charge in [-0.15, -0.1) is 0 Å². The topological polar surface area (TPSA) is 20.3 Å². The number of hydrogen-bond donors (Lipinski definition) is 0. The predicted molar refractivity (Wildman–Crippen MR) is 54.8 cm³/mol. The van der Waals surface area contributed by atoms with Crippen molar-refractivity contribution in [3.8, 4) is 0 Å². The van der Waals surface area contributed by atoms with Gasteiger partial charge >= 0.3 is 0 Å². The first-order chi connectivity index (χ1) is 6.59. The second kappa shape index (κ2) is 3.72. The quantitative estimate of drug-likeness (QED) is 0.699. The molecule has 1 fully saturated rings. The Morgan fingerprint density at radius 2 is 1.73 bits per heavy atom. The average Bonchev–Trinajstić information content (AvgIpc) is 1.72. The molecule has 0 saturated carbocycles. The maximum atomic E-state index is 12.6. The first-order valence-corrected chi connectivity index (χ1v) is 5.25. The summed E-state index contributed by atoms with van der Waals surface area (Å²) in [4.78, 5) is 12.9. The van der Waals surface area contributed by atoms with Gasteiger partial charge in [0.05, 0.1) is 6.42 Å². The number of alkyl halides is 2. The number of rotatable bonds is 2. The molecule has 0 unspecified atom stereocenters. The summed E-state index contributed by atoms with van der Waals surface area (Å²) in [7, 11) is 0. The van der Waals surface area contributed by atoms with E-state index in [1.165, 1.54) is 4.90 Å². The molecule has 0 N–H and O–H groups in total. The van der Waals surface area contributed by atoms with Gasteiger partial charge in [-0.1, -0.05) is 20.8 Å². The summed E-state index contributed by atoms with van der Waals surface area (Å²) in [5.41, 5.74) is 0.158. The fraction of sp³-hybridized carbons (Fsp3) is 0.909. The van der Waals surface area contributed by atoms with E-state index in [4.69, 9.17) is 0 Å². The van der Waals surface area contributed by atoms with E-state index in [0.29, 0.717) is 19.0 Å². The van der Waals surface area contributed by atoms with E-state index in [2.05, 4.69) is 20.8 Å². The molecule has 1 aliphatic heterocycles. The van der Waals surface area contributed by atoms with Crippen molar-refractivity contribution in [3.05, 3.63) is 0 Å². The Balaban J connectivity index is 2.37. The molecule has 4 heteroatoms. The molecule has 0 bridgehead atoms. The summed E-state index contributed by atoms with van der Waals surface area (Å²) in [5, 5.41) is 0. The van der Waals surface area contributed by atoms with E-state index in [-0.39, 0.29) is 5.41 Å². The second-order valence-electron chi connectivity index (χ2n) is 5.61. The van der Waals surface area contributed by atoms with Gasteiger partial charge in [-0.25, -0.2) is 8.78 Å². The molecular formula is C11H19F2NO. The number of carbonyl (C=O) groups is 1. The minimum absolute atomic E-state index is 0.158. The lowest BCUT2D eigenvalue weighted by Crippen LogP contribution is -2.55. The number of likely N-dealkylation sites (tertiary alicyclic amines) is 1. The Bertz CT molecular complexity index is 246. The van der Waals surface area contributed by atoms with Crippen LogP contribution in [0.2, 0.25) is 0 Å². The Morgan fingerprint density at radius 3 is 2.07 bits per heavy atom. The molecule has 1 heterocycles. The summed E-state index contributed by atoms with van der Waals surface area (Å²) in [6.45, 7) is 8.35. The standard InChI is InChI=1S/C11H19F2NO/c1-10(2,3)8-6-14(7-8)9(15)5-11(4,12)13/h8H,5-7H2,1-4H3. The third-order valence-electron chi connectivity index (χ3n) is 2.92. The first-order valence-electron chi connectivity index (χ1n) is 5.25. The molecule has 0 spiro atoms. The highest BCUT2D eigenvalue weighted by Gasteiger charge is 2.40. The summed E-state index contributed by atoms with van der Waals surface area (Å²) < 4.78 is 25.2. The van der Waals surface area contributed by atoms with Crippen LogP contribution in [0.25, 0.3) is 0 Å². The van der Waals surface area contributed by atoms with Gasteiger partial charge in [0.15, 0.2) is 0 Å². The van der Waals surface area contributed by atoms with Crippen molar-refractivity contribution >= 4 is 5.91 Å². The second-order valence-corrected chi connectivity index (χ2v) is 5.61. The number of halogens is 2. The Kier molecular flexibility index (Phi) is 3.08. The predicted octanol–water partition coefficient (Wildman–Crippen LogP) is 2.54. The smallest absolute Gasteiger partial charge is 0.254 e. The Morgan fingerprint density at radius 1 is 1.27 bits per heavy atom. The van der Waals surface area contributed by atoms with Crippen molar-refractivity contribution in [1.82, 2.24) is 4.90 Å². The third kappa shape index (κ3) is 3.43. The van der Waals surface area contributed by atoms with Crippen LogP contribution < -0.4 is 0 Å². The number of carbonyl (C=O) groups excluding carboxylic acids is 1. The van der Waals surface area contributed by atoms with E-state index < -0.39 is 18.3 Å². The summed E-state index contributed by atoms with van der Waals surface area (Å²) in [6, 6.07) is 0. The van der Waals surface area contributed by atoms with Crippen molar-refractivity contribution in [2.45, 2.75) is 40.0 Å². The largest absolute Gasteiger partial charge is 0.342 e. The maximum absolute atomic E-state index is 12.6. The summed E-state index contributed by atoms with van der Waals surface area (Å²) in [5.74, 6) is -2.88. The molecular weight excluding hydrogens is 200 g/mol. The highest BCUT2D eigenvalue weighted by atomic mass is 19.3. The molecule has 0 aromatic heterocycles. The van der Waals surface area contributed by atoms with Crippen molar-refractivity contribution in [1.29, 1.82) is 0 Å². The van der Waals surface area contributed by atoms with Crippen molar-refractivity contribution in [2.75, 3.05) is 13.1 Å². The fourth-order valence-electron chi connectivity index (χ4n) is 1.61. The summed E-state index contributed by atoms with van der Waals surface area (Å²) >= 11 is 0. The SMILES string of the molecule is CC(F)(F)CC(=O)N1CC(C(C)(C)C)C1. The van der Waals surface area contributed by atoms with E-state index in [1.807, 2.05) is 0 Å². The third-order valence-corrected chi connectivity index (χ3v) is 2.92. The minimum Gasteiger partial charge on any atom is -0.342 e. The highest BCUT2D eigenvalue weighted by Crippen LogP contribution is 2.34. The van der Waals surface area contributed by atoms with Crippen LogP contribution >= 0.6 is 0 Å². The molecule has 0 aromatic carbocycles. The van der Waals surface area contributed by atoms with E-state index in [1.54, 1.807) is 0 Å². The molecule has 1 rings (SSSR count). The van der Waals surface area contributed by atoms with Gasteiger partial charge in [0, 0.05) is 13.1 Å². The molecule has 1 amide bonds. The van der Waals surface area contributed by atoms with E-state index >= 15 is 0 Å². The monoisotopic (exact) mass is 219 g/mol. The Hall–Kier alpha value is -0.670. The van der Waals surface area contributed by atoms with Crippen LogP contribution in [0.1, 0.15) is 34.1 Å². The van der Waals surface area contributed by atoms with Gasteiger partial charge in [-0.05, 0) is 18.3 Å². The molecule has 1 saturated heterocycles. The molecule has 1 aliphatic rings. The zero-order valence-electron chi connectivity index (χ0n) is 9.81. The molecule has 2 nitrogen and oxygen atoms in total. The molecule has 0 atom stereocenters. The van der Waals surface area contributed by atoms with Crippen LogP contribution in [-0.2, 0) is 4.79 Å². The zero-order valence-corrected chi connectivity index (χ0v) is 9.81. The molecule has 0 aliphatic carbocycles. The maximum Gasteiger partial charge on any atom is 0.254 e. The van der Waals surface area contributed by atoms with Crippen molar-refractivity contribution in [2.24, 2.45) is 11.3 Å². The van der Waals surface area contributed by atoms with Crippen LogP contribution in [0.3, 0.4) is 0 Å². The van der Waals surface area contributed by atoms with E-state index in [0.717, 1.165) is 6.92 Å². The van der Waals surface area contributed by atoms with Gasteiger partial charge in [0.2, 0.25) is 5.91 Å². The summed E-state index contributed by atoms with van der Waals surface area (Å²) in [6.07, 6.45) is -0.663. The Labute approximate surface area is 89.6 Å². The van der Waals surface area contributed by atoms with Crippen LogP contribution in [-0.4, -0.2) is 29.8 Å². The first kappa shape index (κ1) is 12.4. The van der Waals surface area contributed by atoms with Gasteiger partial charge in [0.1, 0.15) is 0 Å². The normalized spacial score (nSPS) is 18.9. The average molecular weight is 219 g/mol. The van der Waals surface area contributed by atoms with Crippen LogP contribution in [0, 0.1) is 11.3 Å². The van der Waals surface area contributed by atoms with Crippen molar-refractivity contribution in [3.63, 3.8) is 0 Å². The van der Waals surface area contributed by atoms with Crippen molar-refractivity contribution < 1.29 is 13.6 Å². The molecule has 0 aromatic rings. The highest BCUT2D eigenvalue weighted by molar-refractivity contribution is 5.77. The lowest BCUT2D eigenvalue weighted by atomic mass is 9.76. The molecule has 0 radical (unpaired) electrons. The lowest BCUT2D eigenvalue weighted by molar-refractivity contribution is -0.146. The minimum atomic E-state index is -2.89. The van der Waals surface area contributed by atoms with Crippen LogP contribution in [0.4, 0.5) is 8.78 Å². The number of nitrogens with zero attached hydrogens (tertiary/aromatic N) is 1. The number of hydrogen-bond acceptors (Lipinski definition) is 1. The van der Waals surface area contributed by atoms with Gasteiger partial charge in [-0.3, -0.25) is 4.79 Å². The van der Waals surface area contributed by atoms with Gasteiger partial charge < -0.3 is 4.90 Å². The van der Waals surface area contributed by atoms with E-state index in [9.17, 15) is 13.6 Å². The molecule has 88 valence electrons. The number of amides is 1. The molecule has 15 heavy (non-hydrogen) atoms. The zero-order chi connectivity index (χ0) is 11.9. The lowest BCUT2D eigenvalue weighted by Gasteiger charge is -2.46. The fourth-order valence-corrected chi connectivity index (χ4v) is 1.61. The van der Waals surface area contributed by atoms with Crippen LogP contribution in [0.5, 0.6) is 0 Å². The van der Waals surface area contributed by atoms with Gasteiger partial charge in [-0.2, -0.15) is 0 Å². The van der Waals surface area contributed by atoms with Crippen LogP contribution in [0.15, 0.2) is 0 Å². The van der Waals surface area contributed by atoms with Gasteiger partial charge in [0.25, 0.3) is 5.92 Å².